The molecule has 5 nitrogen and oxygen atoms in total. The van der Waals surface area contributed by atoms with Crippen molar-refractivity contribution in [3.63, 3.8) is 0 Å². The van der Waals surface area contributed by atoms with Crippen molar-refractivity contribution in [3.05, 3.63) is 24.4 Å². The van der Waals surface area contributed by atoms with E-state index in [1.807, 2.05) is 45.3 Å². The van der Waals surface area contributed by atoms with Crippen LogP contribution in [0.2, 0.25) is 0 Å². The molecule has 17 heavy (non-hydrogen) atoms. The average Bonchev–Trinajstić information content (AvgIpc) is 2.80. The quantitative estimate of drug-likeness (QED) is 0.839. The van der Waals surface area contributed by atoms with Crippen molar-refractivity contribution in [3.8, 4) is 0 Å². The highest BCUT2D eigenvalue weighted by Crippen LogP contribution is 2.11. The zero-order chi connectivity index (χ0) is 13.3. The van der Waals surface area contributed by atoms with Crippen molar-refractivity contribution >= 4 is 11.3 Å². The number of imidazole rings is 1. The van der Waals surface area contributed by atoms with Crippen LogP contribution >= 0.6 is 0 Å². The van der Waals surface area contributed by atoms with Gasteiger partial charge in [0.2, 0.25) is 0 Å². The Labute approximate surface area is 103 Å². The molecule has 2 aromatic heterocycles. The van der Waals surface area contributed by atoms with Gasteiger partial charge in [0, 0.05) is 12.4 Å². The smallest absolute Gasteiger partial charge is 0.149 e. The second-order valence-electron chi connectivity index (χ2n) is 2.77. The summed E-state index contributed by atoms with van der Waals surface area (Å²) < 4.78 is 1.93. The number of nitrogens with two attached hydrogens (primary N) is 1. The number of hydrogen-bond acceptors (Lipinski definition) is 4. The van der Waals surface area contributed by atoms with Gasteiger partial charge in [-0.3, -0.25) is 4.40 Å². The summed E-state index contributed by atoms with van der Waals surface area (Å²) in [6, 6.07) is 0. The fraction of sp³-hybridized carbons (Fsp3) is 0.500. The molecule has 0 bridgehead atoms. The SMILES string of the molecule is CC.CC.CNCc1ncc2c(N)nccn12. The Morgan fingerprint density at radius 2 is 1.88 bits per heavy atom. The van der Waals surface area contributed by atoms with Crippen LogP contribution in [0.1, 0.15) is 33.5 Å². The lowest BCUT2D eigenvalue weighted by atomic mass is 10.5. The average molecular weight is 237 g/mol. The van der Waals surface area contributed by atoms with Crippen LogP contribution in [0.25, 0.3) is 5.52 Å². The zero-order valence-corrected chi connectivity index (χ0v) is 11.4. The summed E-state index contributed by atoms with van der Waals surface area (Å²) >= 11 is 0. The molecule has 0 aliphatic carbocycles. The van der Waals surface area contributed by atoms with Crippen LogP contribution in [-0.2, 0) is 6.54 Å². The molecule has 0 aromatic carbocycles. The molecule has 0 aliphatic rings. The second kappa shape index (κ2) is 8.52. The molecule has 0 fully saturated rings. The molecule has 2 heterocycles. The Bertz CT molecular complexity index is 422. The third-order valence-corrected chi connectivity index (χ3v) is 1.90. The van der Waals surface area contributed by atoms with Crippen molar-refractivity contribution in [1.82, 2.24) is 19.7 Å². The molecular weight excluding hydrogens is 214 g/mol. The van der Waals surface area contributed by atoms with E-state index in [-0.39, 0.29) is 0 Å². The monoisotopic (exact) mass is 237 g/mol. The molecule has 3 N–H and O–H groups in total. The van der Waals surface area contributed by atoms with E-state index >= 15 is 0 Å². The zero-order valence-electron chi connectivity index (χ0n) is 11.4. The number of rotatable bonds is 2. The highest BCUT2D eigenvalue weighted by molar-refractivity contribution is 5.64. The van der Waals surface area contributed by atoms with E-state index in [0.29, 0.717) is 5.82 Å². The van der Waals surface area contributed by atoms with E-state index in [1.165, 1.54) is 0 Å². The maximum absolute atomic E-state index is 5.67. The van der Waals surface area contributed by atoms with Crippen molar-refractivity contribution in [2.24, 2.45) is 0 Å². The van der Waals surface area contributed by atoms with Crippen LogP contribution in [-0.4, -0.2) is 21.4 Å². The molecular formula is C12H23N5. The van der Waals surface area contributed by atoms with E-state index < -0.39 is 0 Å². The van der Waals surface area contributed by atoms with E-state index in [4.69, 9.17) is 5.73 Å². The summed E-state index contributed by atoms with van der Waals surface area (Å²) in [5.74, 6) is 1.45. The van der Waals surface area contributed by atoms with Gasteiger partial charge in [-0.25, -0.2) is 9.97 Å². The molecule has 0 saturated heterocycles. The highest BCUT2D eigenvalue weighted by atomic mass is 15.1. The van der Waals surface area contributed by atoms with Gasteiger partial charge >= 0.3 is 0 Å². The first-order valence-corrected chi connectivity index (χ1v) is 6.04. The molecule has 0 radical (unpaired) electrons. The van der Waals surface area contributed by atoms with Gasteiger partial charge in [-0.1, -0.05) is 27.7 Å². The minimum Gasteiger partial charge on any atom is -0.382 e. The summed E-state index contributed by atoms with van der Waals surface area (Å²) in [6.07, 6.45) is 5.25. The molecule has 0 aliphatic heterocycles. The van der Waals surface area contributed by atoms with Crippen LogP contribution in [0, 0.1) is 0 Å². The minimum atomic E-state index is 0.511. The van der Waals surface area contributed by atoms with E-state index in [2.05, 4.69) is 15.3 Å². The summed E-state index contributed by atoms with van der Waals surface area (Å²) in [5, 5.41) is 3.04. The lowest BCUT2D eigenvalue weighted by Crippen LogP contribution is -2.09. The fourth-order valence-corrected chi connectivity index (χ4v) is 1.29. The molecule has 0 atom stereocenters. The Morgan fingerprint density at radius 3 is 2.47 bits per heavy atom. The van der Waals surface area contributed by atoms with Crippen LogP contribution in [0.4, 0.5) is 5.82 Å². The molecule has 96 valence electrons. The number of nitrogen functional groups attached to an aromatic ring is 1. The molecule has 0 unspecified atom stereocenters. The third kappa shape index (κ3) is 3.71. The van der Waals surface area contributed by atoms with Gasteiger partial charge in [0.05, 0.1) is 12.7 Å². The second-order valence-corrected chi connectivity index (χ2v) is 2.77. The van der Waals surface area contributed by atoms with Gasteiger partial charge in [0.25, 0.3) is 0 Å². The van der Waals surface area contributed by atoms with Crippen LogP contribution in [0.3, 0.4) is 0 Å². The molecule has 0 amide bonds. The first-order valence-electron chi connectivity index (χ1n) is 6.04. The number of hydrogen-bond donors (Lipinski definition) is 2. The van der Waals surface area contributed by atoms with Crippen molar-refractivity contribution in [2.75, 3.05) is 12.8 Å². The van der Waals surface area contributed by atoms with Gasteiger partial charge in [0.15, 0.2) is 0 Å². The molecule has 5 heteroatoms. The topological polar surface area (TPSA) is 68.2 Å². The number of nitrogens with zero attached hydrogens (tertiary/aromatic N) is 3. The predicted octanol–water partition coefficient (Wildman–Crippen LogP) is 2.08. The number of fused-ring (bicyclic) bond motifs is 1. The Hall–Kier alpha value is -1.62. The van der Waals surface area contributed by atoms with E-state index in [0.717, 1.165) is 17.9 Å². The first kappa shape index (κ1) is 15.4. The largest absolute Gasteiger partial charge is 0.382 e. The third-order valence-electron chi connectivity index (χ3n) is 1.90. The van der Waals surface area contributed by atoms with E-state index in [1.54, 1.807) is 12.4 Å². The van der Waals surface area contributed by atoms with Crippen molar-refractivity contribution in [1.29, 1.82) is 0 Å². The van der Waals surface area contributed by atoms with Gasteiger partial charge < -0.3 is 11.1 Å². The van der Waals surface area contributed by atoms with Gasteiger partial charge in [-0.05, 0) is 7.05 Å². The van der Waals surface area contributed by atoms with Crippen LogP contribution < -0.4 is 11.1 Å². The number of anilines is 1. The van der Waals surface area contributed by atoms with E-state index in [9.17, 15) is 0 Å². The molecule has 2 aromatic rings. The molecule has 0 saturated carbocycles. The Kier molecular flexibility index (Phi) is 7.71. The molecule has 2 rings (SSSR count). The summed E-state index contributed by atoms with van der Waals surface area (Å²) in [7, 11) is 1.88. The Morgan fingerprint density at radius 1 is 1.24 bits per heavy atom. The van der Waals surface area contributed by atoms with Gasteiger partial charge in [-0.2, -0.15) is 0 Å². The van der Waals surface area contributed by atoms with Crippen molar-refractivity contribution in [2.45, 2.75) is 34.2 Å². The fourth-order valence-electron chi connectivity index (χ4n) is 1.29. The lowest BCUT2D eigenvalue weighted by Gasteiger charge is -2.00. The first-order chi connectivity index (χ1) is 8.33. The normalized spacial score (nSPS) is 9.00. The highest BCUT2D eigenvalue weighted by Gasteiger charge is 2.04. The molecule has 0 spiro atoms. The minimum absolute atomic E-state index is 0.511. The maximum atomic E-state index is 5.67. The van der Waals surface area contributed by atoms with Crippen LogP contribution in [0.5, 0.6) is 0 Å². The summed E-state index contributed by atoms with van der Waals surface area (Å²) in [6.45, 7) is 8.72. The summed E-state index contributed by atoms with van der Waals surface area (Å²) in [4.78, 5) is 8.20. The van der Waals surface area contributed by atoms with Gasteiger partial charge in [-0.15, -0.1) is 0 Å². The van der Waals surface area contributed by atoms with Gasteiger partial charge in [0.1, 0.15) is 17.2 Å². The summed E-state index contributed by atoms with van der Waals surface area (Å²) in [5.41, 5.74) is 6.53. The maximum Gasteiger partial charge on any atom is 0.149 e. The standard InChI is InChI=1S/C8H11N5.2C2H6/c1-10-5-7-12-4-6-8(9)11-2-3-13(6)7;2*1-2/h2-4,10H,5H2,1H3,(H2,9,11);2*1-2H3. The predicted molar refractivity (Wildman–Crippen MR) is 72.9 cm³/mol. The Balaban J connectivity index is 0.000000581. The van der Waals surface area contributed by atoms with Crippen molar-refractivity contribution < 1.29 is 0 Å². The van der Waals surface area contributed by atoms with Crippen LogP contribution in [0.15, 0.2) is 18.6 Å². The number of aromatic nitrogens is 3. The number of nitrogens with one attached hydrogen (secondary N) is 1. The lowest BCUT2D eigenvalue weighted by molar-refractivity contribution is 0.754.